The maximum Gasteiger partial charge on any atom is 0.156 e. The first-order valence-corrected chi connectivity index (χ1v) is 8.32. The molecule has 0 aromatic heterocycles. The van der Waals surface area contributed by atoms with Gasteiger partial charge in [-0.05, 0) is 17.9 Å². The molecule has 24 heavy (non-hydrogen) atoms. The molecule has 0 aliphatic rings. The van der Waals surface area contributed by atoms with E-state index in [1.54, 1.807) is 6.92 Å². The molecule has 1 rings (SSSR count). The summed E-state index contributed by atoms with van der Waals surface area (Å²) in [5, 5.41) is 33.0. The molecule has 0 radical (unpaired) electrons. The van der Waals surface area contributed by atoms with Gasteiger partial charge in [0, 0.05) is 18.5 Å². The van der Waals surface area contributed by atoms with Crippen molar-refractivity contribution in [3.8, 4) is 0 Å². The molecule has 0 aliphatic carbocycles. The quantitative estimate of drug-likeness (QED) is 0.428. The van der Waals surface area contributed by atoms with Crippen molar-refractivity contribution in [3.05, 3.63) is 35.9 Å². The van der Waals surface area contributed by atoms with Crippen molar-refractivity contribution < 1.29 is 20.1 Å². The molecule has 0 amide bonds. The van der Waals surface area contributed by atoms with Gasteiger partial charge < -0.3 is 25.8 Å². The molecule has 0 saturated heterocycles. The van der Waals surface area contributed by atoms with Crippen LogP contribution in [-0.4, -0.2) is 46.0 Å². The Balaban J connectivity index is 2.46. The number of hydrogen-bond acceptors (Lipinski definition) is 6. The second kappa shape index (κ2) is 9.46. The Morgan fingerprint density at radius 3 is 2.21 bits per heavy atom. The van der Waals surface area contributed by atoms with Gasteiger partial charge in [0.2, 0.25) is 0 Å². The average molecular weight is 340 g/mol. The Labute approximate surface area is 144 Å². The van der Waals surface area contributed by atoms with E-state index in [0.717, 1.165) is 5.56 Å². The van der Waals surface area contributed by atoms with Crippen molar-refractivity contribution in [2.75, 3.05) is 0 Å². The van der Waals surface area contributed by atoms with Gasteiger partial charge in [-0.3, -0.25) is 5.32 Å². The zero-order valence-electron chi connectivity index (χ0n) is 15.0. The van der Waals surface area contributed by atoms with Crippen LogP contribution in [0.4, 0.5) is 0 Å². The summed E-state index contributed by atoms with van der Waals surface area (Å²) < 4.78 is 5.36. The smallest absolute Gasteiger partial charge is 0.156 e. The summed E-state index contributed by atoms with van der Waals surface area (Å²) in [6, 6.07) is 8.45. The summed E-state index contributed by atoms with van der Waals surface area (Å²) in [4.78, 5) is 0. The zero-order chi connectivity index (χ0) is 18.3. The molecule has 6 N–H and O–H groups in total. The van der Waals surface area contributed by atoms with Crippen LogP contribution in [0.5, 0.6) is 0 Å². The number of aliphatic hydroxyl groups is 3. The largest absolute Gasteiger partial charge is 0.392 e. The number of nitrogens with two attached hydrogens (primary N) is 1. The third kappa shape index (κ3) is 7.25. The molecule has 138 valence electrons. The summed E-state index contributed by atoms with van der Waals surface area (Å²) in [5.41, 5.74) is 6.64. The number of ether oxygens (including phenoxy) is 1. The molecule has 6 nitrogen and oxygen atoms in total. The topological polar surface area (TPSA) is 108 Å². The number of nitrogens with one attached hydrogen (secondary N) is 1. The lowest BCUT2D eigenvalue weighted by molar-refractivity contribution is -0.121. The molecule has 0 heterocycles. The monoisotopic (exact) mass is 340 g/mol. The molecule has 0 fully saturated rings. The van der Waals surface area contributed by atoms with Crippen molar-refractivity contribution in [2.24, 2.45) is 11.1 Å². The molecule has 0 spiro atoms. The predicted octanol–water partition coefficient (Wildman–Crippen LogP) is 0.942. The standard InChI is InChI=1S/C18H32N2O4/c1-12(21)16(18(2,3)4)20-17(23)14(19)10-15(22)24-11-13-8-6-5-7-9-13/h5-9,12,14-17,20-23H,10-11,19H2,1-4H3/t12-,14+,15+,16+,17-/m0/s1. The van der Waals surface area contributed by atoms with E-state index < -0.39 is 24.7 Å². The lowest BCUT2D eigenvalue weighted by Crippen LogP contribution is -2.57. The third-order valence-electron chi connectivity index (χ3n) is 3.93. The number of hydrogen-bond donors (Lipinski definition) is 5. The molecule has 5 atom stereocenters. The summed E-state index contributed by atoms with van der Waals surface area (Å²) in [5.74, 6) is 0. The molecule has 0 aliphatic heterocycles. The highest BCUT2D eigenvalue weighted by atomic mass is 16.6. The third-order valence-corrected chi connectivity index (χ3v) is 3.93. The van der Waals surface area contributed by atoms with E-state index in [9.17, 15) is 15.3 Å². The SMILES string of the molecule is C[C@H](O)[C@@H](N[C@@H](O)[C@H](N)C[C@H](O)OCc1ccccc1)C(C)(C)C. The molecular weight excluding hydrogens is 308 g/mol. The van der Waals surface area contributed by atoms with E-state index in [-0.39, 0.29) is 24.5 Å². The highest BCUT2D eigenvalue weighted by Gasteiger charge is 2.32. The number of aliphatic hydroxyl groups excluding tert-OH is 3. The Morgan fingerprint density at radius 2 is 1.71 bits per heavy atom. The Bertz CT molecular complexity index is 462. The second-order valence-electron chi connectivity index (χ2n) is 7.35. The molecule has 1 aromatic rings. The summed E-state index contributed by atoms with van der Waals surface area (Å²) >= 11 is 0. The van der Waals surface area contributed by atoms with Gasteiger partial charge in [-0.1, -0.05) is 51.1 Å². The van der Waals surface area contributed by atoms with Gasteiger partial charge in [0.15, 0.2) is 6.29 Å². The van der Waals surface area contributed by atoms with Gasteiger partial charge in [0.05, 0.1) is 12.7 Å². The van der Waals surface area contributed by atoms with Crippen LogP contribution in [0.3, 0.4) is 0 Å². The lowest BCUT2D eigenvalue weighted by Gasteiger charge is -2.37. The van der Waals surface area contributed by atoms with Gasteiger partial charge in [0.1, 0.15) is 6.23 Å². The van der Waals surface area contributed by atoms with Gasteiger partial charge in [-0.25, -0.2) is 0 Å². The molecule has 0 unspecified atom stereocenters. The molecule has 0 saturated carbocycles. The van der Waals surface area contributed by atoms with E-state index in [1.807, 2.05) is 51.1 Å². The van der Waals surface area contributed by atoms with E-state index in [4.69, 9.17) is 10.5 Å². The minimum absolute atomic E-state index is 0.0810. The van der Waals surface area contributed by atoms with E-state index >= 15 is 0 Å². The van der Waals surface area contributed by atoms with Crippen molar-refractivity contribution in [3.63, 3.8) is 0 Å². The van der Waals surface area contributed by atoms with Crippen molar-refractivity contribution in [1.82, 2.24) is 5.32 Å². The van der Waals surface area contributed by atoms with Gasteiger partial charge in [0.25, 0.3) is 0 Å². The van der Waals surface area contributed by atoms with Crippen molar-refractivity contribution in [1.29, 1.82) is 0 Å². The fraction of sp³-hybridized carbons (Fsp3) is 0.667. The van der Waals surface area contributed by atoms with Crippen molar-refractivity contribution in [2.45, 2.75) is 71.4 Å². The highest BCUT2D eigenvalue weighted by Crippen LogP contribution is 2.22. The molecule has 1 aromatic carbocycles. The first kappa shape index (κ1) is 21.0. The predicted molar refractivity (Wildman–Crippen MR) is 93.9 cm³/mol. The number of benzene rings is 1. The molecule has 6 heteroatoms. The van der Waals surface area contributed by atoms with Crippen LogP contribution in [0.25, 0.3) is 0 Å². The molecular formula is C18H32N2O4. The van der Waals surface area contributed by atoms with Gasteiger partial charge >= 0.3 is 0 Å². The maximum absolute atomic E-state index is 10.2. The highest BCUT2D eigenvalue weighted by molar-refractivity contribution is 5.13. The molecule has 0 bridgehead atoms. The van der Waals surface area contributed by atoms with Crippen LogP contribution in [0.1, 0.15) is 39.7 Å². The van der Waals surface area contributed by atoms with E-state index in [2.05, 4.69) is 5.32 Å². The van der Waals surface area contributed by atoms with Crippen LogP contribution in [0, 0.1) is 5.41 Å². The minimum Gasteiger partial charge on any atom is -0.392 e. The van der Waals surface area contributed by atoms with E-state index in [1.165, 1.54) is 0 Å². The maximum atomic E-state index is 10.2. The lowest BCUT2D eigenvalue weighted by atomic mass is 9.83. The van der Waals surface area contributed by atoms with Gasteiger partial charge in [-0.15, -0.1) is 0 Å². The first-order valence-electron chi connectivity index (χ1n) is 8.32. The fourth-order valence-electron chi connectivity index (χ4n) is 2.62. The second-order valence-corrected chi connectivity index (χ2v) is 7.35. The van der Waals surface area contributed by atoms with E-state index in [0.29, 0.717) is 0 Å². The fourth-order valence-corrected chi connectivity index (χ4v) is 2.62. The number of rotatable bonds is 9. The zero-order valence-corrected chi connectivity index (χ0v) is 15.0. The van der Waals surface area contributed by atoms with Crippen LogP contribution in [-0.2, 0) is 11.3 Å². The van der Waals surface area contributed by atoms with Crippen LogP contribution >= 0.6 is 0 Å². The van der Waals surface area contributed by atoms with Crippen LogP contribution in [0.15, 0.2) is 30.3 Å². The Morgan fingerprint density at radius 1 is 1.12 bits per heavy atom. The van der Waals surface area contributed by atoms with Crippen LogP contribution in [0.2, 0.25) is 0 Å². The Hall–Kier alpha value is -1.02. The minimum atomic E-state index is -1.07. The average Bonchev–Trinajstić information content (AvgIpc) is 2.49. The summed E-state index contributed by atoms with van der Waals surface area (Å²) in [6.07, 6.45) is -2.70. The van der Waals surface area contributed by atoms with Gasteiger partial charge in [-0.2, -0.15) is 0 Å². The summed E-state index contributed by atoms with van der Waals surface area (Å²) in [6.45, 7) is 7.84. The summed E-state index contributed by atoms with van der Waals surface area (Å²) in [7, 11) is 0. The first-order chi connectivity index (χ1) is 11.1. The van der Waals surface area contributed by atoms with Crippen molar-refractivity contribution >= 4 is 0 Å². The van der Waals surface area contributed by atoms with Crippen LogP contribution < -0.4 is 11.1 Å². The normalized spacial score (nSPS) is 18.7. The Kier molecular flexibility index (Phi) is 8.29.